The van der Waals surface area contributed by atoms with Crippen LogP contribution in [0.4, 0.5) is 0 Å². The predicted octanol–water partition coefficient (Wildman–Crippen LogP) is 7.56. The van der Waals surface area contributed by atoms with Crippen molar-refractivity contribution in [2.75, 3.05) is 13.2 Å². The first kappa shape index (κ1) is 26.9. The summed E-state index contributed by atoms with van der Waals surface area (Å²) < 4.78 is 22.7. The first-order chi connectivity index (χ1) is 15.0. The number of aliphatic hydroxyl groups is 1. The Morgan fingerprint density at radius 3 is 2.10 bits per heavy atom. The van der Waals surface area contributed by atoms with Gasteiger partial charge >= 0.3 is 195 Å². The van der Waals surface area contributed by atoms with Crippen LogP contribution < -0.4 is 0 Å². The van der Waals surface area contributed by atoms with E-state index in [0.717, 1.165) is 19.3 Å². The van der Waals surface area contributed by atoms with Gasteiger partial charge in [-0.05, 0) is 0 Å². The molecular formula is C26H46O4Sn. The molecule has 0 aromatic carbocycles. The van der Waals surface area contributed by atoms with Gasteiger partial charge < -0.3 is 0 Å². The fraction of sp³-hybridized carbons (Fsp3) is 0.769. The molecule has 178 valence electrons. The van der Waals surface area contributed by atoms with Gasteiger partial charge in [0.1, 0.15) is 0 Å². The number of unbranched alkanes of at least 4 members (excludes halogenated alkanes) is 4. The molecule has 1 atom stereocenters. The fourth-order valence-corrected chi connectivity index (χ4v) is 22.1. The number of rotatable bonds is 16. The van der Waals surface area contributed by atoms with E-state index in [1.54, 1.807) is 6.26 Å². The molecule has 1 aliphatic rings. The summed E-state index contributed by atoms with van der Waals surface area (Å²) in [4.78, 5) is 0. The van der Waals surface area contributed by atoms with E-state index in [1.165, 1.54) is 55.4 Å². The molecule has 5 heteroatoms. The molecule has 1 N–H and O–H groups in total. The Morgan fingerprint density at radius 2 is 1.61 bits per heavy atom. The van der Waals surface area contributed by atoms with Crippen molar-refractivity contribution in [1.29, 1.82) is 0 Å². The van der Waals surface area contributed by atoms with E-state index in [-0.39, 0.29) is 0 Å². The summed E-state index contributed by atoms with van der Waals surface area (Å²) in [5.41, 5.74) is 0. The van der Waals surface area contributed by atoms with Crippen LogP contribution in [-0.4, -0.2) is 42.5 Å². The number of hydrogen-bond acceptors (Lipinski definition) is 4. The summed E-state index contributed by atoms with van der Waals surface area (Å²) in [6.07, 6.45) is 14.0. The monoisotopic (exact) mass is 542 g/mol. The number of allylic oxidation sites excluding steroid dienone is 1. The molecule has 0 saturated carbocycles. The standard InChI is InChI=1S/C14H19O4.3C4H9.Sn/c1-14(17-10-11-18-14)8-4-2-3-6-12(15)13-7-5-9-16-13;3*1-3-4-2;/h3,5,7,9,12,15H,2,4,8,10-11H2,1H3;3*1,3-4H2,2H3;. The second kappa shape index (κ2) is 14.1. The van der Waals surface area contributed by atoms with Crippen LogP contribution in [0, 0.1) is 0 Å². The van der Waals surface area contributed by atoms with Gasteiger partial charge in [0.05, 0.1) is 0 Å². The van der Waals surface area contributed by atoms with Gasteiger partial charge in [0, 0.05) is 0 Å². The van der Waals surface area contributed by atoms with Crippen LogP contribution in [0.25, 0.3) is 0 Å². The molecule has 1 aliphatic heterocycles. The van der Waals surface area contributed by atoms with E-state index in [1.807, 2.05) is 12.1 Å². The normalized spacial score (nSPS) is 17.9. The van der Waals surface area contributed by atoms with E-state index >= 15 is 0 Å². The molecule has 31 heavy (non-hydrogen) atoms. The first-order valence-corrected chi connectivity index (χ1v) is 20.2. The third kappa shape index (κ3) is 8.20. The Hall–Kier alpha value is -0.301. The van der Waals surface area contributed by atoms with Crippen molar-refractivity contribution < 1.29 is 19.0 Å². The maximum absolute atomic E-state index is 11.5. The van der Waals surface area contributed by atoms with Crippen LogP contribution in [0.5, 0.6) is 0 Å². The molecule has 2 heterocycles. The van der Waals surface area contributed by atoms with Gasteiger partial charge in [-0.2, -0.15) is 0 Å². The molecule has 0 bridgehead atoms. The Labute approximate surface area is 194 Å². The van der Waals surface area contributed by atoms with Crippen molar-refractivity contribution in [1.82, 2.24) is 0 Å². The third-order valence-corrected chi connectivity index (χ3v) is 22.9. The van der Waals surface area contributed by atoms with Crippen molar-refractivity contribution >= 4 is 18.4 Å². The second-order valence-corrected chi connectivity index (χ2v) is 22.6. The van der Waals surface area contributed by atoms with E-state index in [2.05, 4.69) is 33.8 Å². The van der Waals surface area contributed by atoms with Crippen molar-refractivity contribution in [3.05, 3.63) is 33.8 Å². The molecule has 4 nitrogen and oxygen atoms in total. The second-order valence-electron chi connectivity index (χ2n) is 9.39. The zero-order valence-electron chi connectivity index (χ0n) is 20.5. The predicted molar refractivity (Wildman–Crippen MR) is 131 cm³/mol. The number of aliphatic hydroxyl groups excluding tert-OH is 1. The molecule has 0 spiro atoms. The summed E-state index contributed by atoms with van der Waals surface area (Å²) in [7, 11) is 0. The van der Waals surface area contributed by atoms with Crippen LogP contribution in [0.1, 0.15) is 97.3 Å². The van der Waals surface area contributed by atoms with E-state index in [9.17, 15) is 5.11 Å². The molecule has 0 radical (unpaired) electrons. The van der Waals surface area contributed by atoms with Crippen LogP contribution in [0.15, 0.2) is 32.5 Å². The minimum absolute atomic E-state index is 0.430. The van der Waals surface area contributed by atoms with Gasteiger partial charge in [0.2, 0.25) is 0 Å². The molecular weight excluding hydrogens is 495 g/mol. The first-order valence-electron chi connectivity index (χ1n) is 12.7. The van der Waals surface area contributed by atoms with Gasteiger partial charge in [-0.1, -0.05) is 0 Å². The molecule has 0 aliphatic carbocycles. The Balaban J connectivity index is 2.29. The summed E-state index contributed by atoms with van der Waals surface area (Å²) in [6, 6.07) is 3.84. The summed E-state index contributed by atoms with van der Waals surface area (Å²) in [5.74, 6) is 0.284. The van der Waals surface area contributed by atoms with E-state index in [4.69, 9.17) is 13.9 Å². The third-order valence-electron chi connectivity index (χ3n) is 6.84. The van der Waals surface area contributed by atoms with Crippen molar-refractivity contribution in [2.24, 2.45) is 0 Å². The topological polar surface area (TPSA) is 51.8 Å². The molecule has 1 saturated heterocycles. The van der Waals surface area contributed by atoms with Crippen molar-refractivity contribution in [2.45, 2.75) is 111 Å². The summed E-state index contributed by atoms with van der Waals surface area (Å²) in [6.45, 7) is 10.3. The molecule has 1 aromatic rings. The Kier molecular flexibility index (Phi) is 12.2. The molecule has 0 amide bonds. The van der Waals surface area contributed by atoms with Crippen LogP contribution in [0.3, 0.4) is 0 Å². The van der Waals surface area contributed by atoms with E-state index in [0.29, 0.717) is 19.0 Å². The molecule has 1 fully saturated rings. The average molecular weight is 541 g/mol. The van der Waals surface area contributed by atoms with E-state index < -0.39 is 30.3 Å². The summed E-state index contributed by atoms with van der Waals surface area (Å²) in [5, 5.41) is 11.5. The van der Waals surface area contributed by atoms with Gasteiger partial charge in [0.25, 0.3) is 0 Å². The number of furan rings is 1. The number of hydrogen-bond donors (Lipinski definition) is 1. The van der Waals surface area contributed by atoms with Crippen molar-refractivity contribution in [3.63, 3.8) is 0 Å². The SMILES string of the molecule is CCC[CH2][Sn]([CH2]CCC)([CH2]CCC)/[C](=C/CCCC1(C)OCCO1)C(O)c1ccco1. The molecule has 1 unspecified atom stereocenters. The van der Waals surface area contributed by atoms with Gasteiger partial charge in [0.15, 0.2) is 0 Å². The average Bonchev–Trinajstić information content (AvgIpc) is 3.46. The fourth-order valence-electron chi connectivity index (χ4n) is 4.95. The number of ether oxygens (including phenoxy) is 2. The minimum atomic E-state index is -2.77. The zero-order chi connectivity index (χ0) is 22.6. The van der Waals surface area contributed by atoms with Gasteiger partial charge in [-0.3, -0.25) is 0 Å². The van der Waals surface area contributed by atoms with Crippen molar-refractivity contribution in [3.8, 4) is 0 Å². The Morgan fingerprint density at radius 1 is 1.03 bits per heavy atom. The Bertz CT molecular complexity index is 598. The van der Waals surface area contributed by atoms with Gasteiger partial charge in [-0.15, -0.1) is 0 Å². The van der Waals surface area contributed by atoms with Crippen LogP contribution in [0.2, 0.25) is 13.3 Å². The zero-order valence-corrected chi connectivity index (χ0v) is 23.3. The maximum atomic E-state index is 11.5. The summed E-state index contributed by atoms with van der Waals surface area (Å²) >= 11 is -2.77. The molecule has 1 aromatic heterocycles. The van der Waals surface area contributed by atoms with Gasteiger partial charge in [-0.25, -0.2) is 0 Å². The molecule has 2 rings (SSSR count). The quantitative estimate of drug-likeness (QED) is 0.173. The van der Waals surface area contributed by atoms with Crippen LogP contribution in [-0.2, 0) is 9.47 Å². The van der Waals surface area contributed by atoms with Crippen LogP contribution >= 0.6 is 0 Å².